The molecule has 0 spiro atoms. The van der Waals surface area contributed by atoms with E-state index in [1.807, 2.05) is 42.5 Å². The van der Waals surface area contributed by atoms with Crippen molar-refractivity contribution >= 4 is 28.4 Å². The van der Waals surface area contributed by atoms with E-state index in [4.69, 9.17) is 9.47 Å². The molecule has 6 nitrogen and oxygen atoms in total. The fourth-order valence-electron chi connectivity index (χ4n) is 3.44. The van der Waals surface area contributed by atoms with Gasteiger partial charge in [-0.1, -0.05) is 42.1 Å². The lowest BCUT2D eigenvalue weighted by Gasteiger charge is -2.18. The van der Waals surface area contributed by atoms with Crippen LogP contribution >= 0.6 is 11.8 Å². The molecule has 154 valence electrons. The smallest absolute Gasteiger partial charge is 0.266 e. The third-order valence-electron chi connectivity index (χ3n) is 4.96. The number of hydrogen-bond acceptors (Lipinski definition) is 6. The molecule has 7 heteroatoms. The zero-order valence-corrected chi connectivity index (χ0v) is 17.3. The lowest BCUT2D eigenvalue weighted by molar-refractivity contribution is 0.102. The van der Waals surface area contributed by atoms with Gasteiger partial charge < -0.3 is 9.47 Å². The number of ether oxygens (including phenoxy) is 2. The lowest BCUT2D eigenvalue weighted by atomic mass is 10.1. The maximum atomic E-state index is 13.2. The van der Waals surface area contributed by atoms with Crippen molar-refractivity contribution in [2.45, 2.75) is 5.16 Å². The number of ketones is 1. The Bertz CT molecular complexity index is 1330. The Morgan fingerprint density at radius 2 is 1.68 bits per heavy atom. The van der Waals surface area contributed by atoms with E-state index in [2.05, 4.69) is 4.98 Å². The van der Waals surface area contributed by atoms with Crippen LogP contribution in [-0.2, 0) is 0 Å². The minimum atomic E-state index is -0.161. The lowest BCUT2D eigenvalue weighted by Crippen LogP contribution is -2.22. The monoisotopic (exact) mass is 430 g/mol. The van der Waals surface area contributed by atoms with E-state index in [9.17, 15) is 9.59 Å². The zero-order valence-electron chi connectivity index (χ0n) is 16.5. The van der Waals surface area contributed by atoms with Gasteiger partial charge in [-0.25, -0.2) is 4.98 Å². The van der Waals surface area contributed by atoms with Crippen LogP contribution in [-0.4, -0.2) is 34.3 Å². The van der Waals surface area contributed by atoms with Gasteiger partial charge in [0.15, 0.2) is 22.4 Å². The molecule has 0 aliphatic carbocycles. The van der Waals surface area contributed by atoms with E-state index < -0.39 is 0 Å². The maximum Gasteiger partial charge on any atom is 0.266 e. The summed E-state index contributed by atoms with van der Waals surface area (Å²) in [6.45, 7) is 0.963. The Morgan fingerprint density at radius 3 is 2.52 bits per heavy atom. The Morgan fingerprint density at radius 1 is 0.935 bits per heavy atom. The van der Waals surface area contributed by atoms with Crippen LogP contribution in [0.25, 0.3) is 16.6 Å². The minimum absolute atomic E-state index is 0.0796. The van der Waals surface area contributed by atoms with Gasteiger partial charge in [0.25, 0.3) is 5.56 Å². The van der Waals surface area contributed by atoms with Gasteiger partial charge in [-0.2, -0.15) is 0 Å². The van der Waals surface area contributed by atoms with Crippen molar-refractivity contribution in [3.05, 3.63) is 88.7 Å². The molecule has 1 aliphatic heterocycles. The number of fused-ring (bicyclic) bond motifs is 2. The van der Waals surface area contributed by atoms with Crippen molar-refractivity contribution < 1.29 is 14.3 Å². The molecule has 4 aromatic rings. The van der Waals surface area contributed by atoms with Crippen LogP contribution in [0.5, 0.6) is 11.5 Å². The molecule has 0 fully saturated rings. The van der Waals surface area contributed by atoms with Crippen molar-refractivity contribution in [1.29, 1.82) is 0 Å². The zero-order chi connectivity index (χ0) is 21.2. The number of para-hydroxylation sites is 2. The van der Waals surface area contributed by atoms with E-state index >= 15 is 0 Å². The maximum absolute atomic E-state index is 13.2. The molecule has 1 aliphatic rings. The van der Waals surface area contributed by atoms with Crippen LogP contribution in [0, 0.1) is 0 Å². The number of thioether (sulfide) groups is 1. The largest absolute Gasteiger partial charge is 0.486 e. The van der Waals surface area contributed by atoms with Crippen LogP contribution in [0.1, 0.15) is 10.4 Å². The van der Waals surface area contributed by atoms with Gasteiger partial charge in [-0.3, -0.25) is 14.2 Å². The van der Waals surface area contributed by atoms with Crippen LogP contribution in [0.3, 0.4) is 0 Å². The normalized spacial score (nSPS) is 12.6. The summed E-state index contributed by atoms with van der Waals surface area (Å²) in [5.41, 5.74) is 1.69. The summed E-state index contributed by atoms with van der Waals surface area (Å²) < 4.78 is 12.7. The molecule has 0 bridgehead atoms. The number of aromatic nitrogens is 2. The molecular formula is C24H18N2O4S. The van der Waals surface area contributed by atoms with Crippen molar-refractivity contribution in [1.82, 2.24) is 9.55 Å². The van der Waals surface area contributed by atoms with Gasteiger partial charge in [0.05, 0.1) is 22.3 Å². The van der Waals surface area contributed by atoms with Gasteiger partial charge in [-0.15, -0.1) is 0 Å². The second-order valence-electron chi connectivity index (χ2n) is 6.96. The van der Waals surface area contributed by atoms with Crippen molar-refractivity contribution in [3.8, 4) is 17.2 Å². The Hall–Kier alpha value is -3.58. The van der Waals surface area contributed by atoms with Crippen molar-refractivity contribution in [3.63, 3.8) is 0 Å². The first kappa shape index (κ1) is 19.4. The quantitative estimate of drug-likeness (QED) is 0.269. The summed E-state index contributed by atoms with van der Waals surface area (Å²) >= 11 is 1.24. The van der Waals surface area contributed by atoms with E-state index in [1.165, 1.54) is 11.8 Å². The molecule has 0 atom stereocenters. The average molecular weight is 430 g/mol. The molecule has 2 heterocycles. The molecule has 3 aromatic carbocycles. The summed E-state index contributed by atoms with van der Waals surface area (Å²) in [4.78, 5) is 30.8. The van der Waals surface area contributed by atoms with Gasteiger partial charge in [0.2, 0.25) is 0 Å². The average Bonchev–Trinajstić information content (AvgIpc) is 2.83. The van der Waals surface area contributed by atoms with Crippen LogP contribution < -0.4 is 15.0 Å². The molecule has 0 radical (unpaired) electrons. The summed E-state index contributed by atoms with van der Waals surface area (Å²) in [5.74, 6) is 1.28. The third kappa shape index (κ3) is 3.80. The Kier molecular flexibility index (Phi) is 5.18. The summed E-state index contributed by atoms with van der Waals surface area (Å²) in [6, 6.07) is 21.7. The summed E-state index contributed by atoms with van der Waals surface area (Å²) in [7, 11) is 0. The highest BCUT2D eigenvalue weighted by molar-refractivity contribution is 7.99. The van der Waals surface area contributed by atoms with Gasteiger partial charge >= 0.3 is 0 Å². The van der Waals surface area contributed by atoms with Crippen LogP contribution in [0.2, 0.25) is 0 Å². The first-order valence-corrected chi connectivity index (χ1v) is 10.8. The van der Waals surface area contributed by atoms with E-state index in [1.54, 1.807) is 34.9 Å². The molecule has 0 unspecified atom stereocenters. The van der Waals surface area contributed by atoms with Crippen LogP contribution in [0.4, 0.5) is 0 Å². The van der Waals surface area contributed by atoms with Crippen molar-refractivity contribution in [2.24, 2.45) is 0 Å². The summed E-state index contributed by atoms with van der Waals surface area (Å²) in [5, 5.41) is 1.01. The fourth-order valence-corrected chi connectivity index (χ4v) is 4.35. The molecule has 5 rings (SSSR count). The molecule has 0 amide bonds. The molecule has 0 N–H and O–H groups in total. The third-order valence-corrected chi connectivity index (χ3v) is 5.89. The summed E-state index contributed by atoms with van der Waals surface area (Å²) in [6.07, 6.45) is 0. The number of hydrogen-bond donors (Lipinski definition) is 0. The minimum Gasteiger partial charge on any atom is -0.486 e. The van der Waals surface area contributed by atoms with E-state index in [0.29, 0.717) is 52.0 Å². The van der Waals surface area contributed by atoms with E-state index in [-0.39, 0.29) is 17.1 Å². The second kappa shape index (κ2) is 8.28. The number of carbonyl (C=O) groups excluding carboxylic acids is 1. The molecule has 1 aromatic heterocycles. The molecule has 31 heavy (non-hydrogen) atoms. The van der Waals surface area contributed by atoms with Crippen LogP contribution in [0.15, 0.2) is 82.7 Å². The van der Waals surface area contributed by atoms with Crippen molar-refractivity contribution in [2.75, 3.05) is 19.0 Å². The Balaban J connectivity index is 1.49. The molecule has 0 saturated carbocycles. The number of Topliss-reactive ketones (excluding diaryl/α,β-unsaturated/α-hetero) is 1. The second-order valence-corrected chi connectivity index (χ2v) is 7.90. The van der Waals surface area contributed by atoms with Gasteiger partial charge in [0, 0.05) is 5.56 Å². The van der Waals surface area contributed by atoms with Gasteiger partial charge in [0.1, 0.15) is 13.2 Å². The van der Waals surface area contributed by atoms with E-state index in [0.717, 1.165) is 0 Å². The number of rotatable bonds is 5. The number of benzene rings is 3. The SMILES string of the molecule is O=C(CSc1nc2ccccc2c(=O)n1-c1ccccc1)c1ccc2c(c1)OCCO2. The predicted octanol–water partition coefficient (Wildman–Crippen LogP) is 4.13. The first-order chi connectivity index (χ1) is 15.2. The Labute approximate surface area is 182 Å². The standard InChI is InChI=1S/C24H18N2O4S/c27-20(16-10-11-21-22(14-16)30-13-12-29-21)15-31-24-25-19-9-5-4-8-18(19)23(28)26(24)17-6-2-1-3-7-17/h1-11,14H,12-13,15H2. The predicted molar refractivity (Wildman–Crippen MR) is 120 cm³/mol. The molecule has 0 saturated heterocycles. The highest BCUT2D eigenvalue weighted by Gasteiger charge is 2.18. The molecular weight excluding hydrogens is 412 g/mol. The first-order valence-electron chi connectivity index (χ1n) is 9.83. The topological polar surface area (TPSA) is 70.4 Å². The fraction of sp³-hybridized carbons (Fsp3) is 0.125. The highest BCUT2D eigenvalue weighted by Crippen LogP contribution is 2.31. The highest BCUT2D eigenvalue weighted by atomic mass is 32.2. The number of nitrogens with zero attached hydrogens (tertiary/aromatic N) is 2. The van der Waals surface area contributed by atoms with Gasteiger partial charge in [-0.05, 0) is 42.5 Å². The number of carbonyl (C=O) groups is 1.